The van der Waals surface area contributed by atoms with E-state index in [-0.39, 0.29) is 16.4 Å². The number of rotatable bonds is 3. The summed E-state index contributed by atoms with van der Waals surface area (Å²) in [5.41, 5.74) is -3.48. The maximum atomic E-state index is 14.6. The van der Waals surface area contributed by atoms with E-state index >= 15 is 0 Å². The molecule has 0 saturated carbocycles. The number of hydrogen-bond donors (Lipinski definition) is 0. The quantitative estimate of drug-likeness (QED) is 0.527. The van der Waals surface area contributed by atoms with Gasteiger partial charge in [-0.1, -0.05) is 16.8 Å². The van der Waals surface area contributed by atoms with Crippen molar-refractivity contribution >= 4 is 24.8 Å². The summed E-state index contributed by atoms with van der Waals surface area (Å²) in [4.78, 5) is 0. The Bertz CT molecular complexity index is 911. The molecule has 5 nitrogen and oxygen atoms in total. The summed E-state index contributed by atoms with van der Waals surface area (Å²) in [5, 5.41) is 7.30. The Morgan fingerprint density at radius 1 is 1.18 bits per heavy atom. The van der Waals surface area contributed by atoms with E-state index < -0.39 is 35.8 Å². The molecule has 0 radical (unpaired) electrons. The molecule has 0 aliphatic carbocycles. The van der Waals surface area contributed by atoms with Gasteiger partial charge in [-0.3, -0.25) is 0 Å². The van der Waals surface area contributed by atoms with Crippen LogP contribution in [0, 0.1) is 0 Å². The second-order valence-corrected chi connectivity index (χ2v) is 7.80. The van der Waals surface area contributed by atoms with E-state index in [2.05, 4.69) is 10.3 Å². The molecule has 0 N–H and O–H groups in total. The molecule has 1 aromatic carbocycles. The van der Waals surface area contributed by atoms with E-state index in [1.807, 2.05) is 0 Å². The average molecular weight is 418 g/mol. The van der Waals surface area contributed by atoms with Crippen LogP contribution in [0.4, 0.5) is 17.6 Å². The van der Waals surface area contributed by atoms with Crippen LogP contribution in [-0.4, -0.2) is 33.3 Å². The van der Waals surface area contributed by atoms with Crippen LogP contribution < -0.4 is 0 Å². The highest BCUT2D eigenvalue weighted by molar-refractivity contribution is 6.54. The second-order valence-electron chi connectivity index (χ2n) is 7.36. The van der Waals surface area contributed by atoms with E-state index in [1.165, 1.54) is 12.3 Å². The molecule has 0 unspecified atom stereocenters. The zero-order chi connectivity index (χ0) is 20.9. The SMILES string of the molecule is CC1(C)OB(C(F)=Cc2cn(-c3ccc(Cl)cc3C(F)(F)F)nn2)OC1(C)C. The summed E-state index contributed by atoms with van der Waals surface area (Å²) in [6.07, 6.45) is -2.46. The zero-order valence-electron chi connectivity index (χ0n) is 15.5. The predicted octanol–water partition coefficient (Wildman–Crippen LogP) is 4.88. The molecule has 1 aliphatic rings. The first-order valence-electron chi connectivity index (χ1n) is 8.32. The van der Waals surface area contributed by atoms with Crippen molar-refractivity contribution in [1.29, 1.82) is 0 Å². The number of aromatic nitrogens is 3. The van der Waals surface area contributed by atoms with Crippen molar-refractivity contribution in [3.63, 3.8) is 0 Å². The van der Waals surface area contributed by atoms with Gasteiger partial charge in [0.1, 0.15) is 11.4 Å². The Hall–Kier alpha value is -1.91. The smallest absolute Gasteiger partial charge is 0.398 e. The van der Waals surface area contributed by atoms with Gasteiger partial charge in [0.2, 0.25) is 0 Å². The Balaban J connectivity index is 1.89. The summed E-state index contributed by atoms with van der Waals surface area (Å²) >= 11 is 5.67. The predicted molar refractivity (Wildman–Crippen MR) is 96.5 cm³/mol. The van der Waals surface area contributed by atoms with Gasteiger partial charge >= 0.3 is 13.3 Å². The van der Waals surface area contributed by atoms with Gasteiger partial charge in [-0.15, -0.1) is 5.10 Å². The lowest BCUT2D eigenvalue weighted by molar-refractivity contribution is -0.137. The van der Waals surface area contributed by atoms with Crippen LogP contribution in [0.3, 0.4) is 0 Å². The fourth-order valence-corrected chi connectivity index (χ4v) is 2.73. The van der Waals surface area contributed by atoms with Crippen LogP contribution >= 0.6 is 11.6 Å². The van der Waals surface area contributed by atoms with Crippen molar-refractivity contribution in [2.75, 3.05) is 0 Å². The van der Waals surface area contributed by atoms with Crippen LogP contribution in [0.2, 0.25) is 5.02 Å². The molecule has 0 spiro atoms. The van der Waals surface area contributed by atoms with Gasteiger partial charge in [0, 0.05) is 5.02 Å². The molecule has 11 heteroatoms. The lowest BCUT2D eigenvalue weighted by atomic mass is 9.87. The zero-order valence-corrected chi connectivity index (χ0v) is 16.3. The molecule has 2 heterocycles. The van der Waals surface area contributed by atoms with Crippen molar-refractivity contribution in [2.24, 2.45) is 0 Å². The average Bonchev–Trinajstić information content (AvgIpc) is 3.09. The van der Waals surface area contributed by atoms with Gasteiger partial charge < -0.3 is 9.31 Å². The topological polar surface area (TPSA) is 49.2 Å². The van der Waals surface area contributed by atoms with Crippen LogP contribution in [0.15, 0.2) is 30.1 Å². The van der Waals surface area contributed by atoms with Crippen molar-refractivity contribution in [1.82, 2.24) is 15.0 Å². The Morgan fingerprint density at radius 3 is 2.36 bits per heavy atom. The number of nitrogens with zero attached hydrogens (tertiary/aromatic N) is 3. The molecule has 1 saturated heterocycles. The maximum absolute atomic E-state index is 14.6. The third-order valence-corrected chi connectivity index (χ3v) is 5.02. The standard InChI is InChI=1S/C17H17BClF4N3O2/c1-15(2)16(3,4)28-18(27-15)14(20)8-11-9-26(25-24-11)13-6-5-10(19)7-12(13)17(21,22)23/h5-9H,1-4H3. The van der Waals surface area contributed by atoms with E-state index in [4.69, 9.17) is 20.9 Å². The Morgan fingerprint density at radius 2 is 1.79 bits per heavy atom. The van der Waals surface area contributed by atoms with E-state index in [1.54, 1.807) is 27.7 Å². The van der Waals surface area contributed by atoms with E-state index in [0.717, 1.165) is 22.9 Å². The van der Waals surface area contributed by atoms with Gasteiger partial charge in [0.25, 0.3) is 0 Å². The van der Waals surface area contributed by atoms with Gasteiger partial charge in [-0.25, -0.2) is 9.07 Å². The van der Waals surface area contributed by atoms with Crippen LogP contribution in [0.5, 0.6) is 0 Å². The summed E-state index contributed by atoms with van der Waals surface area (Å²) in [7, 11) is -1.24. The van der Waals surface area contributed by atoms with Gasteiger partial charge in [-0.2, -0.15) is 13.2 Å². The van der Waals surface area contributed by atoms with Crippen LogP contribution in [-0.2, 0) is 15.5 Å². The fraction of sp³-hybridized carbons (Fsp3) is 0.412. The molecule has 3 rings (SSSR count). The van der Waals surface area contributed by atoms with Crippen molar-refractivity contribution in [3.05, 3.63) is 46.4 Å². The molecule has 28 heavy (non-hydrogen) atoms. The van der Waals surface area contributed by atoms with Crippen molar-refractivity contribution in [3.8, 4) is 5.69 Å². The first kappa shape index (κ1) is 20.8. The lowest BCUT2D eigenvalue weighted by Crippen LogP contribution is -2.41. The van der Waals surface area contributed by atoms with Crippen LogP contribution in [0.1, 0.15) is 39.0 Å². The number of hydrogen-bond acceptors (Lipinski definition) is 4. The molecular formula is C17H17BClF4N3O2. The molecule has 0 amide bonds. The summed E-state index contributed by atoms with van der Waals surface area (Å²) < 4.78 is 66.4. The third-order valence-electron chi connectivity index (χ3n) is 4.79. The summed E-state index contributed by atoms with van der Waals surface area (Å²) in [6.45, 7) is 7.09. The summed E-state index contributed by atoms with van der Waals surface area (Å²) in [6, 6.07) is 3.26. The fourth-order valence-electron chi connectivity index (χ4n) is 2.56. The molecule has 1 fully saturated rings. The molecule has 2 aromatic rings. The normalized spacial score (nSPS) is 19.3. The molecular weight excluding hydrogens is 400 g/mol. The van der Waals surface area contributed by atoms with Crippen LogP contribution in [0.25, 0.3) is 11.8 Å². The molecule has 0 atom stereocenters. The highest BCUT2D eigenvalue weighted by atomic mass is 35.5. The molecule has 1 aromatic heterocycles. The number of alkyl halides is 3. The monoisotopic (exact) mass is 417 g/mol. The Labute approximate surface area is 164 Å². The number of benzene rings is 1. The maximum Gasteiger partial charge on any atom is 0.525 e. The highest BCUT2D eigenvalue weighted by Crippen LogP contribution is 2.39. The lowest BCUT2D eigenvalue weighted by Gasteiger charge is -2.32. The van der Waals surface area contributed by atoms with Gasteiger partial charge in [0.15, 0.2) is 0 Å². The highest BCUT2D eigenvalue weighted by Gasteiger charge is 2.53. The first-order chi connectivity index (χ1) is 12.8. The molecule has 1 aliphatic heterocycles. The minimum Gasteiger partial charge on any atom is -0.398 e. The third kappa shape index (κ3) is 3.94. The molecule has 0 bridgehead atoms. The number of halogens is 5. The minimum atomic E-state index is -4.64. The molecule has 150 valence electrons. The van der Waals surface area contributed by atoms with E-state index in [0.29, 0.717) is 0 Å². The minimum absolute atomic E-state index is 0.00952. The summed E-state index contributed by atoms with van der Waals surface area (Å²) in [5.74, 6) is 0. The first-order valence-corrected chi connectivity index (χ1v) is 8.70. The largest absolute Gasteiger partial charge is 0.525 e. The second kappa shape index (κ2) is 6.86. The van der Waals surface area contributed by atoms with Crippen molar-refractivity contribution in [2.45, 2.75) is 45.1 Å². The van der Waals surface area contributed by atoms with Gasteiger partial charge in [0.05, 0.1) is 28.6 Å². The van der Waals surface area contributed by atoms with E-state index in [9.17, 15) is 17.6 Å². The van der Waals surface area contributed by atoms with Crippen molar-refractivity contribution < 1.29 is 26.9 Å². The van der Waals surface area contributed by atoms with Gasteiger partial charge in [-0.05, 0) is 52.0 Å². The Kier molecular flexibility index (Phi) is 5.10.